The number of halogens is 5. The topological polar surface area (TPSA) is 117 Å². The third kappa shape index (κ3) is 9.66. The lowest BCUT2D eigenvalue weighted by Crippen LogP contribution is -2.47. The Morgan fingerprint density at radius 3 is 2.36 bits per heavy atom. The Morgan fingerprint density at radius 2 is 1.67 bits per heavy atom. The van der Waals surface area contributed by atoms with E-state index in [1.54, 1.807) is 29.2 Å². The van der Waals surface area contributed by atoms with Crippen LogP contribution < -0.4 is 21.1 Å². The standard InChI is InChI=1S/C27H32F3N5O4S.2ClH/c28-21-14-23(30)22(29)12-18(21)11-19(31)13-24(36)35-9-10-40-27(35)26(38)33-15-17-1-3-20(4-2-17)39-16-25(37)34-7-5-32-6-8-34;;/h1-4,12,14,19,27,32H,5-11,13,15-16,31H2,(H,33,38);2*1H/t19-,27?;;/m1../s1. The molecule has 0 aromatic heterocycles. The first-order valence-electron chi connectivity index (χ1n) is 13.0. The van der Waals surface area contributed by atoms with E-state index in [2.05, 4.69) is 10.6 Å². The molecular weight excluding hydrogens is 618 g/mol. The highest BCUT2D eigenvalue weighted by atomic mass is 35.5. The van der Waals surface area contributed by atoms with E-state index in [-0.39, 0.29) is 74.1 Å². The molecule has 42 heavy (non-hydrogen) atoms. The van der Waals surface area contributed by atoms with Gasteiger partial charge in [0.2, 0.25) is 5.91 Å². The van der Waals surface area contributed by atoms with Crippen LogP contribution >= 0.6 is 36.6 Å². The van der Waals surface area contributed by atoms with Gasteiger partial charge < -0.3 is 30.9 Å². The van der Waals surface area contributed by atoms with Crippen LogP contribution in [0.15, 0.2) is 36.4 Å². The number of carbonyl (C=O) groups excluding carboxylic acids is 3. The van der Waals surface area contributed by atoms with Crippen LogP contribution in [0.2, 0.25) is 0 Å². The van der Waals surface area contributed by atoms with E-state index in [1.165, 1.54) is 16.7 Å². The van der Waals surface area contributed by atoms with Crippen molar-refractivity contribution < 1.29 is 32.3 Å². The van der Waals surface area contributed by atoms with E-state index in [1.807, 2.05) is 0 Å². The average Bonchev–Trinajstić information content (AvgIpc) is 3.45. The molecule has 0 spiro atoms. The molecule has 2 aromatic carbocycles. The monoisotopic (exact) mass is 651 g/mol. The molecule has 232 valence electrons. The summed E-state index contributed by atoms with van der Waals surface area (Å²) in [5.41, 5.74) is 6.70. The molecule has 0 bridgehead atoms. The smallest absolute Gasteiger partial charge is 0.260 e. The molecule has 2 aliphatic heterocycles. The fraction of sp³-hybridized carbons (Fsp3) is 0.444. The number of rotatable bonds is 10. The van der Waals surface area contributed by atoms with Gasteiger partial charge >= 0.3 is 0 Å². The molecule has 2 heterocycles. The second kappa shape index (κ2) is 16.8. The summed E-state index contributed by atoms with van der Waals surface area (Å²) in [5, 5.41) is 5.29. The molecule has 2 aliphatic rings. The molecule has 2 atom stereocenters. The van der Waals surface area contributed by atoms with Gasteiger partial charge in [-0.2, -0.15) is 0 Å². The zero-order valence-electron chi connectivity index (χ0n) is 22.7. The summed E-state index contributed by atoms with van der Waals surface area (Å²) in [4.78, 5) is 41.2. The SMILES string of the molecule is Cl.Cl.N[C@@H](CC(=O)N1CCSC1C(=O)NCc1ccc(OCC(=O)N2CCNCC2)cc1)Cc1cc(F)c(F)cc1F. The number of benzene rings is 2. The summed E-state index contributed by atoms with van der Waals surface area (Å²) in [6.45, 7) is 3.40. The minimum Gasteiger partial charge on any atom is -0.484 e. The molecule has 4 N–H and O–H groups in total. The lowest BCUT2D eigenvalue weighted by molar-refractivity contribution is -0.136. The predicted octanol–water partition coefficient (Wildman–Crippen LogP) is 2.24. The molecule has 15 heteroatoms. The highest BCUT2D eigenvalue weighted by Crippen LogP contribution is 2.25. The molecule has 2 aromatic rings. The van der Waals surface area contributed by atoms with Crippen molar-refractivity contribution in [2.24, 2.45) is 5.73 Å². The van der Waals surface area contributed by atoms with Crippen LogP contribution in [0.5, 0.6) is 5.75 Å². The van der Waals surface area contributed by atoms with Gasteiger partial charge in [0.25, 0.3) is 11.8 Å². The molecule has 3 amide bonds. The van der Waals surface area contributed by atoms with E-state index in [9.17, 15) is 27.6 Å². The van der Waals surface area contributed by atoms with E-state index >= 15 is 0 Å². The summed E-state index contributed by atoms with van der Waals surface area (Å²) in [7, 11) is 0. The van der Waals surface area contributed by atoms with E-state index < -0.39 is 28.9 Å². The van der Waals surface area contributed by atoms with Gasteiger partial charge in [-0.05, 0) is 35.7 Å². The zero-order chi connectivity index (χ0) is 28.6. The second-order valence-electron chi connectivity index (χ2n) is 9.62. The molecule has 1 unspecified atom stereocenters. The maximum Gasteiger partial charge on any atom is 0.260 e. The van der Waals surface area contributed by atoms with Gasteiger partial charge in [-0.1, -0.05) is 12.1 Å². The maximum atomic E-state index is 13.9. The van der Waals surface area contributed by atoms with Gasteiger partial charge in [0.1, 0.15) is 11.6 Å². The molecule has 0 saturated carbocycles. The third-order valence-corrected chi connectivity index (χ3v) is 7.87. The number of nitrogens with one attached hydrogen (secondary N) is 2. The Morgan fingerprint density at radius 1 is 1.00 bits per heavy atom. The van der Waals surface area contributed by atoms with Crippen molar-refractivity contribution >= 4 is 54.3 Å². The van der Waals surface area contributed by atoms with Gasteiger partial charge in [-0.25, -0.2) is 13.2 Å². The van der Waals surface area contributed by atoms with E-state index in [0.717, 1.165) is 24.7 Å². The first kappa shape index (κ1) is 35.5. The minimum atomic E-state index is -1.30. The van der Waals surface area contributed by atoms with Crippen LogP contribution in [-0.4, -0.2) is 84.0 Å². The average molecular weight is 653 g/mol. The van der Waals surface area contributed by atoms with E-state index in [4.69, 9.17) is 10.5 Å². The number of carbonyl (C=O) groups is 3. The molecule has 2 fully saturated rings. The van der Waals surface area contributed by atoms with Crippen molar-refractivity contribution in [3.63, 3.8) is 0 Å². The number of hydrogen-bond acceptors (Lipinski definition) is 7. The van der Waals surface area contributed by atoms with Crippen molar-refractivity contribution in [2.45, 2.75) is 30.8 Å². The van der Waals surface area contributed by atoms with Crippen LogP contribution in [0.4, 0.5) is 13.2 Å². The lowest BCUT2D eigenvalue weighted by Gasteiger charge is -2.27. The number of hydrogen-bond donors (Lipinski definition) is 3. The number of piperazine rings is 1. The quantitative estimate of drug-likeness (QED) is 0.338. The Balaban J connectivity index is 0.00000308. The Kier molecular flexibility index (Phi) is 14.2. The number of nitrogens with two attached hydrogens (primary N) is 1. The normalized spacial score (nSPS) is 17.1. The van der Waals surface area contributed by atoms with Crippen LogP contribution in [0, 0.1) is 17.5 Å². The Labute approximate surface area is 258 Å². The first-order chi connectivity index (χ1) is 19.2. The number of ether oxygens (including phenoxy) is 1. The molecular formula is C27H34Cl2F3N5O4S. The Bertz CT molecular complexity index is 1230. The van der Waals surface area contributed by atoms with Crippen molar-refractivity contribution in [3.8, 4) is 5.75 Å². The zero-order valence-corrected chi connectivity index (χ0v) is 25.1. The number of nitrogens with zero attached hydrogens (tertiary/aromatic N) is 2. The second-order valence-corrected chi connectivity index (χ2v) is 10.8. The summed E-state index contributed by atoms with van der Waals surface area (Å²) in [6.07, 6.45) is -0.336. The first-order valence-corrected chi connectivity index (χ1v) is 14.0. The predicted molar refractivity (Wildman–Crippen MR) is 158 cm³/mol. The van der Waals surface area contributed by atoms with Crippen LogP contribution in [-0.2, 0) is 27.3 Å². The summed E-state index contributed by atoms with van der Waals surface area (Å²) >= 11 is 1.32. The van der Waals surface area contributed by atoms with Crippen molar-refractivity contribution in [3.05, 3.63) is 65.0 Å². The van der Waals surface area contributed by atoms with Gasteiger partial charge in [-0.3, -0.25) is 14.4 Å². The number of amides is 3. The lowest BCUT2D eigenvalue weighted by atomic mass is 10.0. The van der Waals surface area contributed by atoms with Crippen molar-refractivity contribution in [2.75, 3.05) is 45.1 Å². The summed E-state index contributed by atoms with van der Waals surface area (Å²) in [6, 6.07) is 7.37. The number of thioether (sulfide) groups is 1. The van der Waals surface area contributed by atoms with Crippen molar-refractivity contribution in [1.29, 1.82) is 0 Å². The summed E-state index contributed by atoms with van der Waals surface area (Å²) in [5.74, 6) is -3.09. The molecule has 9 nitrogen and oxygen atoms in total. The van der Waals surface area contributed by atoms with Crippen LogP contribution in [0.3, 0.4) is 0 Å². The van der Waals surface area contributed by atoms with Crippen LogP contribution in [0.25, 0.3) is 0 Å². The molecule has 2 saturated heterocycles. The summed E-state index contributed by atoms with van der Waals surface area (Å²) < 4.78 is 46.2. The minimum absolute atomic E-state index is 0. The Hall–Kier alpha value is -2.71. The molecule has 4 rings (SSSR count). The fourth-order valence-electron chi connectivity index (χ4n) is 4.49. The molecule has 0 aliphatic carbocycles. The highest BCUT2D eigenvalue weighted by molar-refractivity contribution is 8.00. The van der Waals surface area contributed by atoms with E-state index in [0.29, 0.717) is 37.2 Å². The maximum absolute atomic E-state index is 13.9. The van der Waals surface area contributed by atoms with Crippen LogP contribution in [0.1, 0.15) is 17.5 Å². The van der Waals surface area contributed by atoms with Gasteiger partial charge in [0.15, 0.2) is 23.6 Å². The van der Waals surface area contributed by atoms with Gasteiger partial charge in [0, 0.05) is 63.6 Å². The third-order valence-electron chi connectivity index (χ3n) is 6.67. The highest BCUT2D eigenvalue weighted by Gasteiger charge is 2.35. The fourth-order valence-corrected chi connectivity index (χ4v) is 5.65. The molecule has 0 radical (unpaired) electrons. The van der Waals surface area contributed by atoms with Gasteiger partial charge in [-0.15, -0.1) is 36.6 Å². The largest absolute Gasteiger partial charge is 0.484 e. The van der Waals surface area contributed by atoms with Gasteiger partial charge in [0.05, 0.1) is 0 Å². The van der Waals surface area contributed by atoms with Crippen molar-refractivity contribution in [1.82, 2.24) is 20.4 Å².